The van der Waals surface area contributed by atoms with Gasteiger partial charge in [0, 0.05) is 50.2 Å². The molecule has 0 spiro atoms. The molecule has 94 heavy (non-hydrogen) atoms. The predicted molar refractivity (Wildman–Crippen MR) is 330 cm³/mol. The fourth-order valence-electron chi connectivity index (χ4n) is 10.2. The molecule has 0 aliphatic carbocycles. The van der Waals surface area contributed by atoms with Crippen molar-refractivity contribution in [3.05, 3.63) is 67.3 Å². The van der Waals surface area contributed by atoms with E-state index in [1.807, 2.05) is 0 Å². The summed E-state index contributed by atoms with van der Waals surface area (Å²) in [5, 5.41) is 19.5. The van der Waals surface area contributed by atoms with Crippen LogP contribution >= 0.6 is 13.4 Å². The summed E-state index contributed by atoms with van der Waals surface area (Å²) >= 11 is 10.9. The Labute approximate surface area is 544 Å². The van der Waals surface area contributed by atoms with Crippen molar-refractivity contribution in [3.63, 3.8) is 0 Å². The van der Waals surface area contributed by atoms with Gasteiger partial charge in [0.25, 0.3) is 11.8 Å². The fraction of sp³-hybridized carbons (Fsp3) is 0.509. The fourth-order valence-corrected chi connectivity index (χ4v) is 13.1. The molecule has 2 unspecified atom stereocenters. The Hall–Kier alpha value is -7.88. The van der Waals surface area contributed by atoms with E-state index in [-0.39, 0.29) is 105 Å². The quantitative estimate of drug-likeness (QED) is 0.0166. The first-order valence-electron chi connectivity index (χ1n) is 29.0. The van der Waals surface area contributed by atoms with Gasteiger partial charge in [0.05, 0.1) is 58.2 Å². The van der Waals surface area contributed by atoms with E-state index < -0.39 is 142 Å². The van der Waals surface area contributed by atoms with E-state index in [1.165, 1.54) is 35.2 Å². The minimum absolute atomic E-state index is 0.00363. The zero-order chi connectivity index (χ0) is 67.6. The van der Waals surface area contributed by atoms with Gasteiger partial charge in [0.15, 0.2) is 47.3 Å². The summed E-state index contributed by atoms with van der Waals surface area (Å²) < 4.78 is 60.9. The van der Waals surface area contributed by atoms with Gasteiger partial charge in [-0.2, -0.15) is 0 Å². The number of imidazole rings is 2. The second kappa shape index (κ2) is 31.1. The van der Waals surface area contributed by atoms with Crippen molar-refractivity contribution in [2.75, 3.05) is 76.5 Å². The maximum absolute atomic E-state index is 13.8. The molecule has 0 radical (unpaired) electrons. The molecule has 4 aromatic heterocycles. The van der Waals surface area contributed by atoms with Crippen LogP contribution in [-0.2, 0) is 101 Å². The number of amides is 7. The first kappa shape index (κ1) is 70.4. The average molecular weight is 1390 g/mol. The van der Waals surface area contributed by atoms with Crippen molar-refractivity contribution in [2.24, 2.45) is 17.6 Å². The van der Waals surface area contributed by atoms with Gasteiger partial charge in [-0.3, -0.25) is 47.1 Å². The molecule has 2 bridgehead atoms. The minimum Gasteiger partial charge on any atom is -0.445 e. The van der Waals surface area contributed by atoms with Crippen LogP contribution in [0, 0.1) is 11.8 Å². The number of Topliss-reactive ketones (excluding diaryl/α,β-unsaturated/α-hetero) is 1. The number of imide groups is 1. The lowest BCUT2D eigenvalue weighted by Gasteiger charge is -2.29. The Morgan fingerprint density at radius 3 is 2.04 bits per heavy atom. The molecule has 37 nitrogen and oxygen atoms in total. The number of aliphatic hydroxyl groups excluding tert-OH is 1. The number of anilines is 3. The van der Waals surface area contributed by atoms with Crippen LogP contribution in [0.25, 0.3) is 22.3 Å². The van der Waals surface area contributed by atoms with Crippen LogP contribution in [-0.4, -0.2) is 214 Å². The van der Waals surface area contributed by atoms with Crippen LogP contribution in [0.5, 0.6) is 0 Å². The molecule has 12 atom stereocenters. The van der Waals surface area contributed by atoms with Gasteiger partial charge in [-0.1, -0.05) is 26.0 Å². The number of likely N-dealkylation sites (N-methyl/N-ethyl adjacent to an activating group) is 1. The average Bonchev–Trinajstić information content (AvgIpc) is 1.62. The lowest BCUT2D eigenvalue weighted by atomic mass is 9.89. The van der Waals surface area contributed by atoms with Crippen LogP contribution in [0.15, 0.2) is 61.7 Å². The second-order valence-electron chi connectivity index (χ2n) is 21.9. The topological polar surface area (TPSA) is 497 Å². The Balaban J connectivity index is 0.784. The number of ether oxygens (including phenoxy) is 6. The van der Waals surface area contributed by atoms with E-state index in [0.717, 1.165) is 28.3 Å². The van der Waals surface area contributed by atoms with E-state index >= 15 is 0 Å². The number of ketones is 1. The molecule has 1 aromatic carbocycles. The number of benzene rings is 1. The van der Waals surface area contributed by atoms with Crippen LogP contribution in [0.2, 0.25) is 0 Å². The van der Waals surface area contributed by atoms with Crippen LogP contribution in [0.4, 0.5) is 31.7 Å². The van der Waals surface area contributed by atoms with E-state index in [9.17, 15) is 53.2 Å². The van der Waals surface area contributed by atoms with Crippen molar-refractivity contribution in [1.29, 1.82) is 0 Å². The number of aliphatic hydroxyl groups is 1. The third kappa shape index (κ3) is 17.7. The van der Waals surface area contributed by atoms with Crippen molar-refractivity contribution in [3.8, 4) is 0 Å². The van der Waals surface area contributed by atoms with Crippen molar-refractivity contribution >= 4 is 124 Å². The predicted octanol–water partition coefficient (Wildman–Crippen LogP) is 0.462. The monoisotopic (exact) mass is 1390 g/mol. The number of fused-ring (bicyclic) bond motifs is 5. The molecule has 12 N–H and O–H groups in total. The summed E-state index contributed by atoms with van der Waals surface area (Å²) in [6.45, 7) is -7.64. The number of primary amides is 1. The van der Waals surface area contributed by atoms with Gasteiger partial charge >= 0.3 is 31.7 Å². The number of hydrogen-bond donors (Lipinski definition) is 9. The normalized spacial score (nSPS) is 25.2. The van der Waals surface area contributed by atoms with Gasteiger partial charge in [0.1, 0.15) is 67.4 Å². The van der Waals surface area contributed by atoms with Gasteiger partial charge < -0.3 is 90.4 Å². The van der Waals surface area contributed by atoms with Crippen molar-refractivity contribution < 1.29 is 99.8 Å². The van der Waals surface area contributed by atoms with Gasteiger partial charge in [-0.15, -0.1) is 0 Å². The van der Waals surface area contributed by atoms with E-state index in [2.05, 4.69) is 45.9 Å². The maximum Gasteiger partial charge on any atom is 0.508 e. The van der Waals surface area contributed by atoms with E-state index in [0.29, 0.717) is 11.3 Å². The zero-order valence-corrected chi connectivity index (χ0v) is 53.8. The Kier molecular flexibility index (Phi) is 23.3. The standard InChI is InChI=1S/C53H68N16O21P2S2/c1-27(2)37(65-34(71)12-16-81-17-15-67-35(72)10-11-36(67)73)31(70)19-29(5-4-13-57-51(56)76)48(75)64-30-8-6-28(7-9-30)20-83-52(77)66(3)14-18-82-53(78)88-43-41-33(87-50(43)69-26-63-39-45(55)59-24-61-47(39)69)22-85-92(80,94)90-42-40(74)32(21-84-91(79,93)89-41)86-49(42)68-25-62-38-44(54)58-23-60-46(38)68/h6-11,23-27,29,32-33,37,40-43,49-50,74H,4-5,12-22H2,1-3H3,(H,64,75)(H,65,71)(H,79,93)(H,80,94)(H2,54,58,60)(H2,55,59,61)(H3,56,57,76)/t29-,32-,33-,37+,40-,41-,42-,43-,49-,50-,91?,92?/m1/s1. The number of nitrogens with two attached hydrogens (primary N) is 3. The van der Waals surface area contributed by atoms with E-state index in [1.54, 1.807) is 38.1 Å². The largest absolute Gasteiger partial charge is 0.508 e. The van der Waals surface area contributed by atoms with Crippen LogP contribution in [0.1, 0.15) is 57.6 Å². The number of carbonyl (C=O) groups is 8. The molecular formula is C53H68N16O21P2S2. The summed E-state index contributed by atoms with van der Waals surface area (Å²) in [6, 6.07) is 4.53. The molecule has 8 heterocycles. The van der Waals surface area contributed by atoms with Crippen molar-refractivity contribution in [1.82, 2.24) is 59.5 Å². The van der Waals surface area contributed by atoms with Gasteiger partial charge in [-0.25, -0.2) is 44.3 Å². The first-order valence-corrected chi connectivity index (χ1v) is 34.2. The third-order valence-corrected chi connectivity index (χ3v) is 18.1. The number of aromatic nitrogens is 8. The molecule has 508 valence electrons. The number of hydrogen-bond acceptors (Lipinski definition) is 29. The smallest absolute Gasteiger partial charge is 0.445 e. The van der Waals surface area contributed by atoms with E-state index in [4.69, 9.17) is 87.3 Å². The Bertz CT molecular complexity index is 3740. The van der Waals surface area contributed by atoms with Crippen LogP contribution in [0.3, 0.4) is 0 Å². The lowest BCUT2D eigenvalue weighted by Crippen LogP contribution is -2.46. The summed E-state index contributed by atoms with van der Waals surface area (Å²) in [4.78, 5) is 153. The summed E-state index contributed by atoms with van der Waals surface area (Å²) in [6.07, 6.45) is -6.86. The molecule has 3 saturated heterocycles. The summed E-state index contributed by atoms with van der Waals surface area (Å²) in [5.41, 5.74) is 18.7. The lowest BCUT2D eigenvalue weighted by molar-refractivity contribution is -0.138. The first-order chi connectivity index (χ1) is 44.8. The molecule has 4 aliphatic rings. The van der Waals surface area contributed by atoms with Gasteiger partial charge in [-0.05, 0) is 60.1 Å². The van der Waals surface area contributed by atoms with Gasteiger partial charge in [0.2, 0.25) is 11.8 Å². The highest BCUT2D eigenvalue weighted by Crippen LogP contribution is 2.54. The second-order valence-corrected chi connectivity index (χ2v) is 27.5. The third-order valence-electron chi connectivity index (χ3n) is 15.0. The number of carbonyl (C=O) groups excluding carboxylic acids is 8. The molecule has 41 heteroatoms. The maximum atomic E-state index is 13.8. The molecular weight excluding hydrogens is 1320 g/mol. The Morgan fingerprint density at radius 2 is 1.41 bits per heavy atom. The SMILES string of the molecule is CC(C)[C@H](NC(=O)CCOCCN1C(=O)C=CC1=O)C(=O)C[C@@H](CCCNC(N)=O)C(=O)Nc1ccc(COC(=O)N(C)CCOC(=O)O[C@@H]2[C@@H]3OP(O)(=S)OC[C@H]4O[C@@H](n5cnc6c(N)ncnc65)[C@H](OP(O)(=S)OC[C@H]3O[C@H]2n2cnc3c(N)ncnc32)[C@@H]4O)cc1. The number of nitrogens with zero attached hydrogens (tertiary/aromatic N) is 10. The summed E-state index contributed by atoms with van der Waals surface area (Å²) in [7, 11) is 1.37. The van der Waals surface area contributed by atoms with Crippen LogP contribution < -0.4 is 33.2 Å². The number of nitrogens with one attached hydrogen (secondary N) is 3. The molecule has 5 aromatic rings. The molecule has 3 fully saturated rings. The molecule has 7 amide bonds. The minimum atomic E-state index is -4.49. The molecule has 4 aliphatic heterocycles. The molecule has 0 saturated carbocycles. The molecule has 9 rings (SSSR count). The summed E-state index contributed by atoms with van der Waals surface area (Å²) in [5.74, 6) is -3.61. The number of rotatable bonds is 25. The number of nitrogen functional groups attached to an aromatic ring is 2. The Morgan fingerprint density at radius 1 is 0.809 bits per heavy atom. The van der Waals surface area contributed by atoms with Crippen molar-refractivity contribution in [2.45, 2.75) is 101 Å². The highest BCUT2D eigenvalue weighted by atomic mass is 32.5. The highest BCUT2D eigenvalue weighted by molar-refractivity contribution is 8.07. The highest BCUT2D eigenvalue weighted by Gasteiger charge is 2.55. The zero-order valence-electron chi connectivity index (χ0n) is 50.4. The number of urea groups is 1.